The number of rotatable bonds is 1. The molecule has 0 spiro atoms. The van der Waals surface area contributed by atoms with E-state index in [4.69, 9.17) is 5.73 Å². The third-order valence-corrected chi connectivity index (χ3v) is 4.19. The second-order valence-corrected chi connectivity index (χ2v) is 5.58. The number of benzene rings is 1. The van der Waals surface area contributed by atoms with Gasteiger partial charge in [-0.15, -0.1) is 11.3 Å². The summed E-state index contributed by atoms with van der Waals surface area (Å²) in [6, 6.07) is 11.7. The highest BCUT2D eigenvalue weighted by molar-refractivity contribution is 7.12. The molecule has 3 rings (SSSR count). The van der Waals surface area contributed by atoms with E-state index in [1.165, 1.54) is 16.9 Å². The summed E-state index contributed by atoms with van der Waals surface area (Å²) in [5.41, 5.74) is 8.34. The molecule has 1 aromatic heterocycles. The molecule has 0 atom stereocenters. The fourth-order valence-electron chi connectivity index (χ4n) is 2.39. The highest BCUT2D eigenvalue weighted by Gasteiger charge is 2.19. The van der Waals surface area contributed by atoms with Gasteiger partial charge in [0.2, 0.25) is 5.96 Å². The smallest absolute Gasteiger partial charge is 0.290 e. The van der Waals surface area contributed by atoms with Crippen LogP contribution in [-0.2, 0) is 6.42 Å². The summed E-state index contributed by atoms with van der Waals surface area (Å²) in [4.78, 5) is 18.6. The summed E-state index contributed by atoms with van der Waals surface area (Å²) in [6.45, 7) is 0.796. The lowest BCUT2D eigenvalue weighted by Gasteiger charge is -2.29. The molecule has 0 saturated carbocycles. The van der Waals surface area contributed by atoms with Crippen LogP contribution in [0.4, 0.5) is 5.69 Å². The first-order valence-corrected chi connectivity index (χ1v) is 7.41. The first-order valence-electron chi connectivity index (χ1n) is 6.53. The lowest BCUT2D eigenvalue weighted by atomic mass is 10.0. The van der Waals surface area contributed by atoms with Gasteiger partial charge in [-0.1, -0.05) is 24.3 Å². The van der Waals surface area contributed by atoms with E-state index in [9.17, 15) is 4.79 Å². The van der Waals surface area contributed by atoms with Crippen LogP contribution in [0.15, 0.2) is 46.8 Å². The molecule has 102 valence electrons. The Morgan fingerprint density at radius 3 is 2.90 bits per heavy atom. The second kappa shape index (κ2) is 5.46. The van der Waals surface area contributed by atoms with Crippen LogP contribution < -0.4 is 10.6 Å². The fraction of sp³-hybridized carbons (Fsp3) is 0.200. The Hall–Kier alpha value is -2.14. The van der Waals surface area contributed by atoms with Crippen molar-refractivity contribution < 1.29 is 4.79 Å². The van der Waals surface area contributed by atoms with Gasteiger partial charge in [0.15, 0.2) is 0 Å². The van der Waals surface area contributed by atoms with E-state index < -0.39 is 0 Å². The van der Waals surface area contributed by atoms with Gasteiger partial charge >= 0.3 is 0 Å². The van der Waals surface area contributed by atoms with Gasteiger partial charge in [0.1, 0.15) is 0 Å². The molecule has 0 saturated heterocycles. The van der Waals surface area contributed by atoms with E-state index >= 15 is 0 Å². The van der Waals surface area contributed by atoms with Crippen LogP contribution in [0.1, 0.15) is 21.7 Å². The third kappa shape index (κ3) is 2.44. The Labute approximate surface area is 121 Å². The Morgan fingerprint density at radius 1 is 1.25 bits per heavy atom. The van der Waals surface area contributed by atoms with E-state index in [-0.39, 0.29) is 11.9 Å². The number of thiophene rings is 1. The van der Waals surface area contributed by atoms with E-state index in [2.05, 4.69) is 11.1 Å². The van der Waals surface area contributed by atoms with E-state index in [0.717, 1.165) is 25.1 Å². The Balaban J connectivity index is 1.88. The van der Waals surface area contributed by atoms with Crippen LogP contribution >= 0.6 is 11.3 Å². The zero-order chi connectivity index (χ0) is 13.9. The van der Waals surface area contributed by atoms with E-state index in [0.29, 0.717) is 4.88 Å². The Kier molecular flexibility index (Phi) is 3.52. The van der Waals surface area contributed by atoms with Gasteiger partial charge < -0.3 is 10.6 Å². The quantitative estimate of drug-likeness (QED) is 0.647. The Bertz CT molecular complexity index is 649. The summed E-state index contributed by atoms with van der Waals surface area (Å²) in [5, 5.41) is 1.86. The first kappa shape index (κ1) is 12.9. The highest BCUT2D eigenvalue weighted by Crippen LogP contribution is 2.26. The van der Waals surface area contributed by atoms with Gasteiger partial charge in [-0.05, 0) is 35.9 Å². The number of nitrogens with two attached hydrogens (primary N) is 1. The van der Waals surface area contributed by atoms with E-state index in [1.54, 1.807) is 6.07 Å². The number of para-hydroxylation sites is 1. The number of nitrogens with zero attached hydrogens (tertiary/aromatic N) is 2. The molecule has 4 nitrogen and oxygen atoms in total. The van der Waals surface area contributed by atoms with Crippen molar-refractivity contribution in [3.63, 3.8) is 0 Å². The van der Waals surface area contributed by atoms with Crippen LogP contribution in [0.5, 0.6) is 0 Å². The molecule has 0 bridgehead atoms. The van der Waals surface area contributed by atoms with Gasteiger partial charge in [0.25, 0.3) is 5.91 Å². The van der Waals surface area contributed by atoms with Crippen molar-refractivity contribution in [3.8, 4) is 0 Å². The highest BCUT2D eigenvalue weighted by atomic mass is 32.1. The molecule has 2 heterocycles. The van der Waals surface area contributed by atoms with Crippen molar-refractivity contribution in [2.24, 2.45) is 10.7 Å². The third-order valence-electron chi connectivity index (χ3n) is 3.33. The second-order valence-electron chi connectivity index (χ2n) is 4.64. The van der Waals surface area contributed by atoms with Crippen LogP contribution in [0, 0.1) is 0 Å². The Morgan fingerprint density at radius 2 is 2.10 bits per heavy atom. The van der Waals surface area contributed by atoms with Crippen molar-refractivity contribution in [1.29, 1.82) is 0 Å². The van der Waals surface area contributed by atoms with Gasteiger partial charge in [-0.25, -0.2) is 0 Å². The van der Waals surface area contributed by atoms with Crippen molar-refractivity contribution in [2.45, 2.75) is 12.8 Å². The predicted molar refractivity (Wildman–Crippen MR) is 82.4 cm³/mol. The van der Waals surface area contributed by atoms with Crippen molar-refractivity contribution in [3.05, 3.63) is 52.2 Å². The normalized spacial score (nSPS) is 15.0. The topological polar surface area (TPSA) is 58.7 Å². The average molecular weight is 285 g/mol. The van der Waals surface area contributed by atoms with Crippen molar-refractivity contribution in [2.75, 3.05) is 11.4 Å². The van der Waals surface area contributed by atoms with Crippen molar-refractivity contribution in [1.82, 2.24) is 0 Å². The van der Waals surface area contributed by atoms with Gasteiger partial charge in [-0.2, -0.15) is 4.99 Å². The standard InChI is InChI=1S/C15H15N3OS/c16-15(17-14(19)13-8-4-10-20-13)18-9-3-6-11-5-1-2-7-12(11)18/h1-2,4-5,7-8,10H,3,6,9H2,(H2,16,17,19). The fourth-order valence-corrected chi connectivity index (χ4v) is 3.00. The van der Waals surface area contributed by atoms with Crippen LogP contribution in [0.2, 0.25) is 0 Å². The SMILES string of the molecule is NC(=NC(=O)c1cccs1)N1CCCc2ccccc21. The molecule has 0 aliphatic carbocycles. The number of aryl methyl sites for hydroxylation is 1. The molecular formula is C15H15N3OS. The summed E-state index contributed by atoms with van der Waals surface area (Å²) in [6.07, 6.45) is 2.05. The largest absolute Gasteiger partial charge is 0.369 e. The van der Waals surface area contributed by atoms with Gasteiger partial charge in [0, 0.05) is 12.2 Å². The lowest BCUT2D eigenvalue weighted by molar-refractivity contribution is 0.101. The molecule has 20 heavy (non-hydrogen) atoms. The maximum Gasteiger partial charge on any atom is 0.290 e. The number of hydrogen-bond donors (Lipinski definition) is 1. The minimum absolute atomic E-state index is 0.274. The predicted octanol–water partition coefficient (Wildman–Crippen LogP) is 2.66. The summed E-state index contributed by atoms with van der Waals surface area (Å²) in [5.74, 6) is -0.00361. The maximum atomic E-state index is 12.0. The molecule has 0 fully saturated rings. The molecule has 2 aromatic rings. The minimum Gasteiger partial charge on any atom is -0.369 e. The summed E-state index contributed by atoms with van der Waals surface area (Å²) >= 11 is 1.37. The summed E-state index contributed by atoms with van der Waals surface area (Å²) in [7, 11) is 0. The molecular weight excluding hydrogens is 270 g/mol. The molecule has 1 amide bonds. The molecule has 1 aliphatic heterocycles. The first-order chi connectivity index (χ1) is 9.75. The molecule has 5 heteroatoms. The number of carbonyl (C=O) groups excluding carboxylic acids is 1. The zero-order valence-corrected chi connectivity index (χ0v) is 11.8. The van der Waals surface area contributed by atoms with Gasteiger partial charge in [-0.3, -0.25) is 4.79 Å². The van der Waals surface area contributed by atoms with Crippen molar-refractivity contribution >= 4 is 28.9 Å². The summed E-state index contributed by atoms with van der Waals surface area (Å²) < 4.78 is 0. The van der Waals surface area contributed by atoms with Crippen LogP contribution in [0.25, 0.3) is 0 Å². The number of fused-ring (bicyclic) bond motifs is 1. The molecule has 0 unspecified atom stereocenters. The van der Waals surface area contributed by atoms with Crippen LogP contribution in [0.3, 0.4) is 0 Å². The number of anilines is 1. The molecule has 0 radical (unpaired) electrons. The van der Waals surface area contributed by atoms with E-state index in [1.807, 2.05) is 34.5 Å². The number of aliphatic imine (C=N–C) groups is 1. The number of guanidine groups is 1. The van der Waals surface area contributed by atoms with Gasteiger partial charge in [0.05, 0.1) is 4.88 Å². The molecule has 1 aliphatic rings. The van der Waals surface area contributed by atoms with Crippen LogP contribution in [-0.4, -0.2) is 18.4 Å². The molecule has 2 N–H and O–H groups in total. The zero-order valence-electron chi connectivity index (χ0n) is 11.0. The maximum absolute atomic E-state index is 12.0. The number of carbonyl (C=O) groups is 1. The average Bonchev–Trinajstić information content (AvgIpc) is 3.01. The monoisotopic (exact) mass is 285 g/mol. The molecule has 1 aromatic carbocycles. The lowest BCUT2D eigenvalue weighted by Crippen LogP contribution is -2.41. The number of hydrogen-bond acceptors (Lipinski definition) is 2. The number of amides is 1. The minimum atomic E-state index is -0.277.